The zero-order chi connectivity index (χ0) is 19.1. The van der Waals surface area contributed by atoms with Crippen LogP contribution in [0.3, 0.4) is 0 Å². The highest BCUT2D eigenvalue weighted by Crippen LogP contribution is 2.51. The number of benzene rings is 2. The molecule has 0 saturated heterocycles. The van der Waals surface area contributed by atoms with Crippen molar-refractivity contribution in [1.82, 2.24) is 4.90 Å². The number of nitrogens with zero attached hydrogens (tertiary/aromatic N) is 2. The second kappa shape index (κ2) is 4.98. The summed E-state index contributed by atoms with van der Waals surface area (Å²) in [6, 6.07) is 11.8. The molecule has 1 aromatic heterocycles. The summed E-state index contributed by atoms with van der Waals surface area (Å²) >= 11 is 6.05. The SMILES string of the molecule is CN1C(=O)C2(c3ccccc31)c1c(oc3ccc(Cl)cc3c1=O)C(=O)N2C. The number of hydrogen-bond acceptors (Lipinski definition) is 4. The van der Waals surface area contributed by atoms with Crippen LogP contribution in [0, 0.1) is 0 Å². The van der Waals surface area contributed by atoms with Crippen LogP contribution in [-0.2, 0) is 10.3 Å². The summed E-state index contributed by atoms with van der Waals surface area (Å²) in [6.45, 7) is 0. The molecule has 0 N–H and O–H groups in total. The van der Waals surface area contributed by atoms with Crippen LogP contribution in [-0.4, -0.2) is 30.8 Å². The summed E-state index contributed by atoms with van der Waals surface area (Å²) in [6.07, 6.45) is 0. The van der Waals surface area contributed by atoms with E-state index in [1.54, 1.807) is 37.4 Å². The topological polar surface area (TPSA) is 70.8 Å². The van der Waals surface area contributed by atoms with E-state index in [-0.39, 0.29) is 28.2 Å². The maximum Gasteiger partial charge on any atom is 0.291 e. The first-order chi connectivity index (χ1) is 12.9. The van der Waals surface area contributed by atoms with Crippen molar-refractivity contribution in [2.45, 2.75) is 5.54 Å². The van der Waals surface area contributed by atoms with E-state index in [0.29, 0.717) is 16.3 Å². The third kappa shape index (κ3) is 1.69. The average Bonchev–Trinajstić information content (AvgIpc) is 3.03. The third-order valence-electron chi connectivity index (χ3n) is 5.49. The predicted octanol–water partition coefficient (Wildman–Crippen LogP) is 2.75. The molecule has 1 atom stereocenters. The Kier molecular flexibility index (Phi) is 2.97. The van der Waals surface area contributed by atoms with Crippen LogP contribution in [0.5, 0.6) is 0 Å². The molecule has 0 bridgehead atoms. The van der Waals surface area contributed by atoms with Gasteiger partial charge in [-0.05, 0) is 24.3 Å². The van der Waals surface area contributed by atoms with Gasteiger partial charge in [0.2, 0.25) is 5.76 Å². The van der Waals surface area contributed by atoms with Gasteiger partial charge in [0, 0.05) is 30.4 Å². The fraction of sp³-hybridized carbons (Fsp3) is 0.150. The Morgan fingerprint density at radius 2 is 1.78 bits per heavy atom. The number of fused-ring (bicyclic) bond motifs is 5. The second-order valence-electron chi connectivity index (χ2n) is 6.73. The third-order valence-corrected chi connectivity index (χ3v) is 5.72. The fourth-order valence-corrected chi connectivity index (χ4v) is 4.40. The molecule has 134 valence electrons. The van der Waals surface area contributed by atoms with Gasteiger partial charge in [0.1, 0.15) is 5.58 Å². The summed E-state index contributed by atoms with van der Waals surface area (Å²) in [7, 11) is 3.15. The van der Waals surface area contributed by atoms with E-state index >= 15 is 0 Å². The Morgan fingerprint density at radius 3 is 2.56 bits per heavy atom. The molecule has 7 heteroatoms. The molecular weight excluding hydrogens is 368 g/mol. The molecule has 0 aliphatic carbocycles. The summed E-state index contributed by atoms with van der Waals surface area (Å²) in [5.74, 6) is -0.972. The summed E-state index contributed by atoms with van der Waals surface area (Å²) < 4.78 is 5.79. The minimum atomic E-state index is -1.53. The molecular formula is C20H13ClN2O4. The van der Waals surface area contributed by atoms with Gasteiger partial charge in [-0.3, -0.25) is 14.4 Å². The molecule has 0 radical (unpaired) electrons. The molecule has 2 aliphatic rings. The first kappa shape index (κ1) is 16.1. The number of likely N-dealkylation sites (N-methyl/N-ethyl adjacent to an activating group) is 2. The lowest BCUT2D eigenvalue weighted by Crippen LogP contribution is -2.51. The summed E-state index contributed by atoms with van der Waals surface area (Å²) in [4.78, 5) is 42.6. The van der Waals surface area contributed by atoms with E-state index in [1.807, 2.05) is 6.07 Å². The van der Waals surface area contributed by atoms with Gasteiger partial charge >= 0.3 is 0 Å². The molecule has 5 rings (SSSR count). The van der Waals surface area contributed by atoms with Crippen molar-refractivity contribution in [3.8, 4) is 0 Å². The Labute approximate surface area is 158 Å². The summed E-state index contributed by atoms with van der Waals surface area (Å²) in [5.41, 5.74) is -0.415. The zero-order valence-corrected chi connectivity index (χ0v) is 15.2. The first-order valence-corrected chi connectivity index (χ1v) is 8.69. The molecule has 3 aromatic rings. The van der Waals surface area contributed by atoms with Crippen molar-refractivity contribution in [3.63, 3.8) is 0 Å². The molecule has 1 spiro atoms. The number of rotatable bonds is 0. The number of anilines is 1. The monoisotopic (exact) mass is 380 g/mol. The van der Waals surface area contributed by atoms with Gasteiger partial charge in [0.05, 0.1) is 10.9 Å². The number of halogens is 1. The predicted molar refractivity (Wildman–Crippen MR) is 100 cm³/mol. The van der Waals surface area contributed by atoms with Crippen molar-refractivity contribution >= 4 is 40.1 Å². The number of hydrogen-bond donors (Lipinski definition) is 0. The van der Waals surface area contributed by atoms with E-state index in [4.69, 9.17) is 16.0 Å². The van der Waals surface area contributed by atoms with Crippen molar-refractivity contribution in [3.05, 3.63) is 74.6 Å². The Bertz CT molecular complexity index is 1250. The Balaban J connectivity index is 1.98. The molecule has 1 unspecified atom stereocenters. The lowest BCUT2D eigenvalue weighted by Gasteiger charge is -2.30. The first-order valence-electron chi connectivity index (χ1n) is 8.31. The normalized spacial score (nSPS) is 20.7. The molecule has 2 amide bonds. The quantitative estimate of drug-likeness (QED) is 0.601. The van der Waals surface area contributed by atoms with Crippen molar-refractivity contribution in [2.24, 2.45) is 0 Å². The molecule has 0 saturated carbocycles. The second-order valence-corrected chi connectivity index (χ2v) is 7.17. The van der Waals surface area contributed by atoms with Gasteiger partial charge in [-0.1, -0.05) is 29.8 Å². The Morgan fingerprint density at radius 1 is 1.04 bits per heavy atom. The number of carbonyl (C=O) groups is 2. The fourth-order valence-electron chi connectivity index (χ4n) is 4.22. The Hall–Kier alpha value is -3.12. The minimum Gasteiger partial charge on any atom is -0.450 e. The van der Waals surface area contributed by atoms with Crippen molar-refractivity contribution in [1.29, 1.82) is 0 Å². The molecule has 2 aromatic carbocycles. The lowest BCUT2D eigenvalue weighted by molar-refractivity contribution is -0.125. The van der Waals surface area contributed by atoms with E-state index in [1.165, 1.54) is 22.9 Å². The largest absolute Gasteiger partial charge is 0.450 e. The molecule has 6 nitrogen and oxygen atoms in total. The van der Waals surface area contributed by atoms with Gasteiger partial charge in [0.15, 0.2) is 11.0 Å². The van der Waals surface area contributed by atoms with Gasteiger partial charge in [0.25, 0.3) is 11.8 Å². The minimum absolute atomic E-state index is 0.0477. The van der Waals surface area contributed by atoms with E-state index in [9.17, 15) is 14.4 Å². The van der Waals surface area contributed by atoms with Crippen LogP contribution in [0.25, 0.3) is 11.0 Å². The van der Waals surface area contributed by atoms with Gasteiger partial charge < -0.3 is 14.2 Å². The smallest absolute Gasteiger partial charge is 0.291 e. The van der Waals surface area contributed by atoms with Crippen LogP contribution in [0.4, 0.5) is 5.69 Å². The average molecular weight is 381 g/mol. The van der Waals surface area contributed by atoms with Gasteiger partial charge in [-0.2, -0.15) is 0 Å². The maximum absolute atomic E-state index is 13.4. The van der Waals surface area contributed by atoms with Crippen LogP contribution in [0.15, 0.2) is 51.7 Å². The van der Waals surface area contributed by atoms with Gasteiger partial charge in [-0.25, -0.2) is 0 Å². The molecule has 2 aliphatic heterocycles. The number of carbonyl (C=O) groups excluding carboxylic acids is 2. The van der Waals surface area contributed by atoms with Crippen LogP contribution in [0.2, 0.25) is 5.02 Å². The van der Waals surface area contributed by atoms with Crippen molar-refractivity contribution < 1.29 is 14.0 Å². The summed E-state index contributed by atoms with van der Waals surface area (Å²) in [5, 5.41) is 0.611. The number of para-hydroxylation sites is 1. The maximum atomic E-state index is 13.4. The van der Waals surface area contributed by atoms with Gasteiger partial charge in [-0.15, -0.1) is 0 Å². The van der Waals surface area contributed by atoms with Crippen molar-refractivity contribution in [2.75, 3.05) is 19.0 Å². The molecule has 27 heavy (non-hydrogen) atoms. The molecule has 0 fully saturated rings. The zero-order valence-electron chi connectivity index (χ0n) is 14.4. The highest BCUT2D eigenvalue weighted by Gasteiger charge is 2.63. The van der Waals surface area contributed by atoms with E-state index < -0.39 is 16.9 Å². The number of amides is 2. The van der Waals surface area contributed by atoms with Crippen LogP contribution < -0.4 is 10.3 Å². The highest BCUT2D eigenvalue weighted by atomic mass is 35.5. The highest BCUT2D eigenvalue weighted by molar-refractivity contribution is 6.31. The standard InChI is InChI=1S/C20H13ClN2O4/c1-22-13-6-4-3-5-12(13)20(19(22)26)15-16(24)11-9-10(21)7-8-14(11)27-17(15)18(25)23(20)2/h3-9H,1-2H3. The van der Waals surface area contributed by atoms with Crippen LogP contribution >= 0.6 is 11.6 Å². The van der Waals surface area contributed by atoms with E-state index in [0.717, 1.165) is 0 Å². The van der Waals surface area contributed by atoms with E-state index in [2.05, 4.69) is 0 Å². The molecule has 3 heterocycles. The lowest BCUT2D eigenvalue weighted by atomic mass is 9.84. The van der Waals surface area contributed by atoms with Crippen LogP contribution in [0.1, 0.15) is 21.7 Å².